The second-order valence-electron chi connectivity index (χ2n) is 2.10. The molecule has 1 amide bonds. The lowest BCUT2D eigenvalue weighted by Gasteiger charge is -1.99. The fourth-order valence-corrected chi connectivity index (χ4v) is 2.57. The number of carbonyl (C=O) groups is 1. The molecule has 0 aliphatic heterocycles. The van der Waals surface area contributed by atoms with E-state index in [-0.39, 0.29) is 5.91 Å². The summed E-state index contributed by atoms with van der Waals surface area (Å²) in [6.07, 6.45) is 0. The molecule has 0 aromatic carbocycles. The number of rotatable bonds is 3. The Balaban J connectivity index is 2.66. The summed E-state index contributed by atoms with van der Waals surface area (Å²) in [5, 5.41) is 0. The van der Waals surface area contributed by atoms with E-state index in [1.165, 1.54) is 11.3 Å². The summed E-state index contributed by atoms with van der Waals surface area (Å²) in [6, 6.07) is 1.74. The Hall–Kier alpha value is 0.0900. The molecule has 0 radical (unpaired) electrons. The summed E-state index contributed by atoms with van der Waals surface area (Å²) in [4.78, 5) is 16.7. The van der Waals surface area contributed by atoms with Gasteiger partial charge in [-0.15, -0.1) is 11.3 Å². The van der Waals surface area contributed by atoms with Gasteiger partial charge in [0.25, 0.3) is 5.91 Å². The van der Waals surface area contributed by atoms with E-state index in [1.807, 2.05) is 0 Å². The number of halogens is 2. The highest BCUT2D eigenvalue weighted by Crippen LogP contribution is 2.32. The van der Waals surface area contributed by atoms with E-state index in [4.69, 9.17) is 4.84 Å². The van der Waals surface area contributed by atoms with Crippen molar-refractivity contribution >= 4 is 49.1 Å². The predicted molar refractivity (Wildman–Crippen MR) is 58.8 cm³/mol. The topological polar surface area (TPSA) is 38.3 Å². The third-order valence-electron chi connectivity index (χ3n) is 1.18. The summed E-state index contributed by atoms with van der Waals surface area (Å²) in [5.41, 5.74) is 2.32. The molecule has 0 unspecified atom stereocenters. The molecule has 1 aromatic heterocycles. The van der Waals surface area contributed by atoms with Crippen LogP contribution in [-0.2, 0) is 4.84 Å². The Bertz CT molecular complexity index is 294. The van der Waals surface area contributed by atoms with Crippen LogP contribution in [0.1, 0.15) is 16.6 Å². The molecule has 72 valence electrons. The van der Waals surface area contributed by atoms with E-state index < -0.39 is 0 Å². The van der Waals surface area contributed by atoms with Crippen LogP contribution >= 0.6 is 43.2 Å². The second kappa shape index (κ2) is 5.09. The molecule has 0 saturated heterocycles. The normalized spacial score (nSPS) is 10.1. The van der Waals surface area contributed by atoms with Gasteiger partial charge in [0, 0.05) is 4.47 Å². The third-order valence-corrected chi connectivity index (χ3v) is 4.43. The van der Waals surface area contributed by atoms with Crippen molar-refractivity contribution < 1.29 is 9.63 Å². The van der Waals surface area contributed by atoms with Crippen molar-refractivity contribution in [3.8, 4) is 0 Å². The molecule has 3 nitrogen and oxygen atoms in total. The van der Waals surface area contributed by atoms with Gasteiger partial charge in [0.15, 0.2) is 0 Å². The van der Waals surface area contributed by atoms with E-state index in [2.05, 4.69) is 37.3 Å². The first-order chi connectivity index (χ1) is 6.15. The van der Waals surface area contributed by atoms with Gasteiger partial charge in [-0.25, -0.2) is 5.48 Å². The molecule has 6 heteroatoms. The Morgan fingerprint density at radius 2 is 2.38 bits per heavy atom. The van der Waals surface area contributed by atoms with Gasteiger partial charge in [-0.2, -0.15) is 0 Å². The molecule has 0 spiro atoms. The largest absolute Gasteiger partial charge is 0.284 e. The van der Waals surface area contributed by atoms with Crippen LogP contribution in [0.5, 0.6) is 0 Å². The summed E-state index contributed by atoms with van der Waals surface area (Å²) in [5.74, 6) is -0.224. The summed E-state index contributed by atoms with van der Waals surface area (Å²) in [6.45, 7) is 2.26. The second-order valence-corrected chi connectivity index (χ2v) is 5.32. The molecule has 0 fully saturated rings. The Labute approximate surface area is 96.7 Å². The smallest absolute Gasteiger partial charge is 0.274 e. The average Bonchev–Trinajstić information content (AvgIpc) is 2.43. The van der Waals surface area contributed by atoms with Gasteiger partial charge in [-0.05, 0) is 44.8 Å². The highest BCUT2D eigenvalue weighted by Gasteiger charge is 2.11. The Kier molecular flexibility index (Phi) is 4.37. The summed E-state index contributed by atoms with van der Waals surface area (Å²) >= 11 is 7.95. The zero-order valence-electron chi connectivity index (χ0n) is 6.77. The van der Waals surface area contributed by atoms with Crippen molar-refractivity contribution in [2.75, 3.05) is 6.61 Å². The monoisotopic (exact) mass is 327 g/mol. The minimum atomic E-state index is -0.224. The average molecular weight is 329 g/mol. The predicted octanol–water partition coefficient (Wildman–Crippen LogP) is 2.95. The van der Waals surface area contributed by atoms with Crippen LogP contribution in [0.15, 0.2) is 14.3 Å². The molecule has 0 atom stereocenters. The number of thiophene rings is 1. The highest BCUT2D eigenvalue weighted by atomic mass is 79.9. The quantitative estimate of drug-likeness (QED) is 0.866. The number of nitrogens with one attached hydrogen (secondary N) is 1. The molecular weight excluding hydrogens is 322 g/mol. The standard InChI is InChI=1S/C7H7Br2NO2S/c1-2-12-10-7(11)5-3-4(8)6(9)13-5/h3H,2H2,1H3,(H,10,11). The van der Waals surface area contributed by atoms with Crippen LogP contribution in [0.3, 0.4) is 0 Å². The fraction of sp³-hybridized carbons (Fsp3) is 0.286. The van der Waals surface area contributed by atoms with E-state index in [0.29, 0.717) is 11.5 Å². The number of hydroxylamine groups is 1. The van der Waals surface area contributed by atoms with Crippen LogP contribution in [0.25, 0.3) is 0 Å². The van der Waals surface area contributed by atoms with Crippen molar-refractivity contribution in [2.45, 2.75) is 6.92 Å². The van der Waals surface area contributed by atoms with Gasteiger partial charge >= 0.3 is 0 Å². The SMILES string of the molecule is CCONC(=O)c1cc(Br)c(Br)s1. The molecule has 1 rings (SSSR count). The molecule has 0 aliphatic rings. The minimum Gasteiger partial charge on any atom is -0.274 e. The lowest BCUT2D eigenvalue weighted by molar-refractivity contribution is 0.0368. The van der Waals surface area contributed by atoms with Crippen molar-refractivity contribution in [3.63, 3.8) is 0 Å². The third kappa shape index (κ3) is 3.05. The number of hydrogen-bond acceptors (Lipinski definition) is 3. The minimum absolute atomic E-state index is 0.224. The molecule has 1 N–H and O–H groups in total. The first-order valence-electron chi connectivity index (χ1n) is 3.52. The van der Waals surface area contributed by atoms with Gasteiger partial charge in [0.05, 0.1) is 15.3 Å². The first kappa shape index (κ1) is 11.2. The fourth-order valence-electron chi connectivity index (χ4n) is 0.646. The zero-order chi connectivity index (χ0) is 9.84. The van der Waals surface area contributed by atoms with Crippen molar-refractivity contribution in [2.24, 2.45) is 0 Å². The van der Waals surface area contributed by atoms with E-state index in [1.54, 1.807) is 13.0 Å². The van der Waals surface area contributed by atoms with Crippen LogP contribution in [0, 0.1) is 0 Å². The molecule has 0 bridgehead atoms. The van der Waals surface area contributed by atoms with Crippen LogP contribution in [0.4, 0.5) is 0 Å². The summed E-state index contributed by atoms with van der Waals surface area (Å²) < 4.78 is 1.77. The van der Waals surface area contributed by atoms with Gasteiger partial charge < -0.3 is 0 Å². The van der Waals surface area contributed by atoms with Crippen molar-refractivity contribution in [1.29, 1.82) is 0 Å². The maximum Gasteiger partial charge on any atom is 0.284 e. The Morgan fingerprint density at radius 1 is 1.69 bits per heavy atom. The maximum absolute atomic E-state index is 11.3. The zero-order valence-corrected chi connectivity index (χ0v) is 10.8. The lowest BCUT2D eigenvalue weighted by Crippen LogP contribution is -2.22. The van der Waals surface area contributed by atoms with E-state index in [0.717, 1.165) is 8.26 Å². The van der Waals surface area contributed by atoms with Crippen LogP contribution in [-0.4, -0.2) is 12.5 Å². The Morgan fingerprint density at radius 3 is 2.85 bits per heavy atom. The van der Waals surface area contributed by atoms with Crippen molar-refractivity contribution in [1.82, 2.24) is 5.48 Å². The van der Waals surface area contributed by atoms with E-state index in [9.17, 15) is 4.79 Å². The van der Waals surface area contributed by atoms with Gasteiger partial charge in [-0.1, -0.05) is 0 Å². The molecule has 1 heterocycles. The van der Waals surface area contributed by atoms with Crippen molar-refractivity contribution in [3.05, 3.63) is 19.2 Å². The molecule has 0 saturated carbocycles. The summed E-state index contributed by atoms with van der Waals surface area (Å²) in [7, 11) is 0. The number of carbonyl (C=O) groups excluding carboxylic acids is 1. The molecule has 13 heavy (non-hydrogen) atoms. The number of amides is 1. The molecule has 0 aliphatic carbocycles. The lowest BCUT2D eigenvalue weighted by atomic mass is 10.5. The maximum atomic E-state index is 11.3. The van der Waals surface area contributed by atoms with Gasteiger partial charge in [-0.3, -0.25) is 9.63 Å². The van der Waals surface area contributed by atoms with Crippen LogP contribution in [0.2, 0.25) is 0 Å². The highest BCUT2D eigenvalue weighted by molar-refractivity contribution is 9.13. The number of hydrogen-bond donors (Lipinski definition) is 1. The molecule has 1 aromatic rings. The first-order valence-corrected chi connectivity index (χ1v) is 5.92. The molecular formula is C7H7Br2NO2S. The van der Waals surface area contributed by atoms with Crippen LogP contribution < -0.4 is 5.48 Å². The van der Waals surface area contributed by atoms with Gasteiger partial charge in [0.1, 0.15) is 0 Å². The van der Waals surface area contributed by atoms with E-state index >= 15 is 0 Å². The van der Waals surface area contributed by atoms with Gasteiger partial charge in [0.2, 0.25) is 0 Å².